The molecule has 3 heterocycles. The number of hydrogen-bond acceptors (Lipinski definition) is 10. The van der Waals surface area contributed by atoms with E-state index in [1.807, 2.05) is 18.2 Å². The highest BCUT2D eigenvalue weighted by molar-refractivity contribution is 5.90. The Bertz CT molecular complexity index is 1170. The maximum absolute atomic E-state index is 13.2. The molecule has 1 unspecified atom stereocenters. The van der Waals surface area contributed by atoms with Crippen molar-refractivity contribution in [3.8, 4) is 5.88 Å². The fraction of sp³-hybridized carbons (Fsp3) is 0.333. The zero-order valence-electron chi connectivity index (χ0n) is 18.0. The standard InChI is InChI=1S/C21H24N8O4/c1-32-9-16-21(31)28(8-13-2-3-14-15(6-13)24-11-27-20(14)23)4-5-29(16)19(30)10-33-18-7-17(22)25-12-26-18/h2-3,6-7,11-12,16H,4-5,8-10H2,1H3,(H2,22,25,26)(H2,23,24,27). The van der Waals surface area contributed by atoms with Gasteiger partial charge in [0.1, 0.15) is 30.3 Å². The zero-order chi connectivity index (χ0) is 23.4. The van der Waals surface area contributed by atoms with Gasteiger partial charge in [-0.15, -0.1) is 0 Å². The highest BCUT2D eigenvalue weighted by Crippen LogP contribution is 2.21. The summed E-state index contributed by atoms with van der Waals surface area (Å²) in [6.45, 7) is 0.877. The molecule has 0 radical (unpaired) electrons. The summed E-state index contributed by atoms with van der Waals surface area (Å²) in [4.78, 5) is 45.1. The van der Waals surface area contributed by atoms with Gasteiger partial charge in [-0.2, -0.15) is 0 Å². The number of rotatable bonds is 7. The highest BCUT2D eigenvalue weighted by Gasteiger charge is 2.37. The first-order chi connectivity index (χ1) is 16.0. The Morgan fingerprint density at radius 3 is 2.73 bits per heavy atom. The lowest BCUT2D eigenvalue weighted by Gasteiger charge is -2.40. The lowest BCUT2D eigenvalue weighted by Crippen LogP contribution is -2.60. The Hall–Kier alpha value is -4.06. The number of ether oxygens (including phenoxy) is 2. The maximum atomic E-state index is 13.2. The SMILES string of the molecule is COCC1C(=O)N(Cc2ccc3c(N)ncnc3c2)CCN1C(=O)COc1cc(N)ncn1. The van der Waals surface area contributed by atoms with E-state index >= 15 is 0 Å². The van der Waals surface area contributed by atoms with Crippen molar-refractivity contribution in [2.45, 2.75) is 12.6 Å². The second kappa shape index (κ2) is 9.61. The minimum Gasteiger partial charge on any atom is -0.467 e. The van der Waals surface area contributed by atoms with Crippen molar-refractivity contribution in [2.24, 2.45) is 0 Å². The minimum absolute atomic E-state index is 0.0724. The molecule has 3 aromatic rings. The molecule has 172 valence electrons. The summed E-state index contributed by atoms with van der Waals surface area (Å²) in [6, 6.07) is 6.28. The number of nitrogens with two attached hydrogens (primary N) is 2. The van der Waals surface area contributed by atoms with Gasteiger partial charge >= 0.3 is 0 Å². The summed E-state index contributed by atoms with van der Waals surface area (Å²) in [7, 11) is 1.49. The topological polar surface area (TPSA) is 163 Å². The molecule has 4 rings (SSSR count). The Labute approximate surface area is 189 Å². The lowest BCUT2D eigenvalue weighted by molar-refractivity contribution is -0.155. The molecule has 4 N–H and O–H groups in total. The molecular weight excluding hydrogens is 428 g/mol. The van der Waals surface area contributed by atoms with Gasteiger partial charge in [0, 0.05) is 38.2 Å². The van der Waals surface area contributed by atoms with Crippen molar-refractivity contribution >= 4 is 34.4 Å². The van der Waals surface area contributed by atoms with E-state index in [2.05, 4.69) is 19.9 Å². The quantitative estimate of drug-likeness (QED) is 0.493. The van der Waals surface area contributed by atoms with E-state index < -0.39 is 6.04 Å². The molecule has 1 fully saturated rings. The molecule has 0 bridgehead atoms. The summed E-state index contributed by atoms with van der Waals surface area (Å²) in [6.07, 6.45) is 2.65. The van der Waals surface area contributed by atoms with Gasteiger partial charge < -0.3 is 30.7 Å². The van der Waals surface area contributed by atoms with Crippen LogP contribution in [0.4, 0.5) is 11.6 Å². The van der Waals surface area contributed by atoms with Crippen LogP contribution in [0.15, 0.2) is 36.9 Å². The number of carbonyl (C=O) groups excluding carboxylic acids is 2. The average molecular weight is 452 g/mol. The van der Waals surface area contributed by atoms with E-state index in [4.69, 9.17) is 20.9 Å². The van der Waals surface area contributed by atoms with Crippen LogP contribution in [0.3, 0.4) is 0 Å². The molecule has 0 saturated carbocycles. The van der Waals surface area contributed by atoms with Crippen molar-refractivity contribution < 1.29 is 19.1 Å². The molecule has 0 spiro atoms. The van der Waals surface area contributed by atoms with Gasteiger partial charge in [0.2, 0.25) is 11.8 Å². The van der Waals surface area contributed by atoms with Gasteiger partial charge in [0.25, 0.3) is 5.91 Å². The largest absolute Gasteiger partial charge is 0.467 e. The fourth-order valence-electron chi connectivity index (χ4n) is 3.71. The van der Waals surface area contributed by atoms with Gasteiger partial charge in [-0.25, -0.2) is 19.9 Å². The molecule has 2 amide bonds. The number of aromatic nitrogens is 4. The average Bonchev–Trinajstić information content (AvgIpc) is 2.80. The zero-order valence-corrected chi connectivity index (χ0v) is 18.0. The first kappa shape index (κ1) is 22.1. The van der Waals surface area contributed by atoms with Crippen LogP contribution in [0.1, 0.15) is 5.56 Å². The third-order valence-electron chi connectivity index (χ3n) is 5.34. The molecule has 33 heavy (non-hydrogen) atoms. The summed E-state index contributed by atoms with van der Waals surface area (Å²) in [5.74, 6) is 0.271. The summed E-state index contributed by atoms with van der Waals surface area (Å²) in [5.41, 5.74) is 13.1. The molecule has 2 aromatic heterocycles. The molecule has 1 aliphatic heterocycles. The summed E-state index contributed by atoms with van der Waals surface area (Å²) >= 11 is 0. The van der Waals surface area contributed by atoms with Crippen LogP contribution in [0.25, 0.3) is 10.9 Å². The van der Waals surface area contributed by atoms with Gasteiger partial charge in [-0.05, 0) is 17.7 Å². The van der Waals surface area contributed by atoms with Crippen LogP contribution in [-0.4, -0.2) is 81.0 Å². The van der Waals surface area contributed by atoms with Crippen molar-refractivity contribution in [1.82, 2.24) is 29.7 Å². The number of hydrogen-bond donors (Lipinski definition) is 2. The molecule has 1 aliphatic rings. The monoisotopic (exact) mass is 452 g/mol. The molecular formula is C21H24N8O4. The van der Waals surface area contributed by atoms with Crippen molar-refractivity contribution in [2.75, 3.05) is 44.9 Å². The highest BCUT2D eigenvalue weighted by atomic mass is 16.5. The molecule has 1 saturated heterocycles. The Morgan fingerprint density at radius 1 is 1.12 bits per heavy atom. The number of methoxy groups -OCH3 is 1. The van der Waals surface area contributed by atoms with Crippen LogP contribution in [0.2, 0.25) is 0 Å². The van der Waals surface area contributed by atoms with Crippen LogP contribution in [0.5, 0.6) is 5.88 Å². The van der Waals surface area contributed by atoms with Gasteiger partial charge in [-0.3, -0.25) is 9.59 Å². The second-order valence-electron chi connectivity index (χ2n) is 7.50. The smallest absolute Gasteiger partial charge is 0.261 e. The van der Waals surface area contributed by atoms with E-state index in [1.165, 1.54) is 30.7 Å². The molecule has 0 aliphatic carbocycles. The molecule has 1 atom stereocenters. The van der Waals surface area contributed by atoms with Crippen molar-refractivity contribution in [1.29, 1.82) is 0 Å². The van der Waals surface area contributed by atoms with E-state index in [9.17, 15) is 9.59 Å². The van der Waals surface area contributed by atoms with Gasteiger partial charge in [0.15, 0.2) is 6.61 Å². The molecule has 12 nitrogen and oxygen atoms in total. The van der Waals surface area contributed by atoms with E-state index in [0.717, 1.165) is 10.9 Å². The lowest BCUT2D eigenvalue weighted by atomic mass is 10.1. The number of carbonyl (C=O) groups is 2. The van der Waals surface area contributed by atoms with E-state index in [1.54, 1.807) is 4.90 Å². The predicted molar refractivity (Wildman–Crippen MR) is 119 cm³/mol. The predicted octanol–water partition coefficient (Wildman–Crippen LogP) is -0.151. The number of nitrogen functional groups attached to an aromatic ring is 2. The fourth-order valence-corrected chi connectivity index (χ4v) is 3.71. The van der Waals surface area contributed by atoms with Crippen LogP contribution in [-0.2, 0) is 20.9 Å². The number of fused-ring (bicyclic) bond motifs is 1. The van der Waals surface area contributed by atoms with Crippen LogP contribution < -0.4 is 16.2 Å². The second-order valence-corrected chi connectivity index (χ2v) is 7.50. The third kappa shape index (κ3) is 4.90. The van der Waals surface area contributed by atoms with E-state index in [-0.39, 0.29) is 36.7 Å². The third-order valence-corrected chi connectivity index (χ3v) is 5.34. The van der Waals surface area contributed by atoms with Gasteiger partial charge in [0.05, 0.1) is 12.1 Å². The first-order valence-electron chi connectivity index (χ1n) is 10.2. The Balaban J connectivity index is 1.44. The van der Waals surface area contributed by atoms with Crippen LogP contribution in [0, 0.1) is 0 Å². The number of anilines is 2. The molecule has 1 aromatic carbocycles. The molecule has 12 heteroatoms. The summed E-state index contributed by atoms with van der Waals surface area (Å²) in [5, 5.41) is 0.755. The van der Waals surface area contributed by atoms with Crippen molar-refractivity contribution in [3.63, 3.8) is 0 Å². The Kier molecular flexibility index (Phi) is 6.45. The minimum atomic E-state index is -0.756. The van der Waals surface area contributed by atoms with Crippen LogP contribution >= 0.6 is 0 Å². The summed E-state index contributed by atoms with van der Waals surface area (Å²) < 4.78 is 10.7. The Morgan fingerprint density at radius 2 is 1.94 bits per heavy atom. The maximum Gasteiger partial charge on any atom is 0.261 e. The number of benzene rings is 1. The number of piperazine rings is 1. The van der Waals surface area contributed by atoms with E-state index in [0.29, 0.717) is 31.0 Å². The van der Waals surface area contributed by atoms with Gasteiger partial charge in [-0.1, -0.05) is 6.07 Å². The number of amides is 2. The number of nitrogens with zero attached hydrogens (tertiary/aromatic N) is 6. The first-order valence-corrected chi connectivity index (χ1v) is 10.2. The normalized spacial score (nSPS) is 16.3. The van der Waals surface area contributed by atoms with Crippen molar-refractivity contribution in [3.05, 3.63) is 42.5 Å².